The average molecular weight is 463 g/mol. The van der Waals surface area contributed by atoms with Crippen LogP contribution in [0.5, 0.6) is 0 Å². The van der Waals surface area contributed by atoms with E-state index in [-0.39, 0.29) is 18.0 Å². The first kappa shape index (κ1) is 24.7. The van der Waals surface area contributed by atoms with Gasteiger partial charge in [-0.15, -0.1) is 0 Å². The third kappa shape index (κ3) is 7.87. The predicted octanol–water partition coefficient (Wildman–Crippen LogP) is 4.51. The number of aryl methyl sites for hydroxylation is 1. The molecule has 1 aromatic rings. The van der Waals surface area contributed by atoms with Gasteiger partial charge in [-0.3, -0.25) is 4.79 Å². The number of rotatable bonds is 6. The van der Waals surface area contributed by atoms with E-state index in [1.165, 1.54) is 0 Å². The number of nitrogens with one attached hydrogen (secondary N) is 3. The van der Waals surface area contributed by atoms with Crippen molar-refractivity contribution in [2.45, 2.75) is 83.9 Å². The lowest BCUT2D eigenvalue weighted by Gasteiger charge is -2.30. The lowest BCUT2D eigenvalue weighted by atomic mass is 9.86. The lowest BCUT2D eigenvalue weighted by molar-refractivity contribution is 0.0487. The molecule has 0 radical (unpaired) electrons. The third-order valence-corrected chi connectivity index (χ3v) is 7.00. The smallest absolute Gasteiger partial charge is 0.407 e. The van der Waals surface area contributed by atoms with E-state index in [0.29, 0.717) is 29.9 Å². The second kappa shape index (κ2) is 11.3. The highest BCUT2D eigenvalue weighted by atomic mass is 32.2. The molecule has 1 aliphatic heterocycles. The van der Waals surface area contributed by atoms with Gasteiger partial charge in [0.05, 0.1) is 5.56 Å². The molecule has 2 amide bonds. The Bertz CT molecular complexity index is 782. The normalized spacial score (nSPS) is 22.1. The van der Waals surface area contributed by atoms with E-state index in [1.54, 1.807) is 0 Å². The van der Waals surface area contributed by atoms with E-state index in [4.69, 9.17) is 4.74 Å². The minimum Gasteiger partial charge on any atom is -0.444 e. The molecular formula is C24H38N4O3S. The molecule has 0 aromatic carbocycles. The fourth-order valence-corrected chi connectivity index (χ4v) is 5.32. The van der Waals surface area contributed by atoms with Crippen LogP contribution >= 0.6 is 11.8 Å². The summed E-state index contributed by atoms with van der Waals surface area (Å²) < 4.78 is 5.35. The predicted molar refractivity (Wildman–Crippen MR) is 130 cm³/mol. The summed E-state index contributed by atoms with van der Waals surface area (Å²) in [5, 5.41) is 9.60. The zero-order valence-electron chi connectivity index (χ0n) is 19.8. The van der Waals surface area contributed by atoms with Gasteiger partial charge in [0, 0.05) is 24.8 Å². The Morgan fingerprint density at radius 2 is 1.78 bits per heavy atom. The van der Waals surface area contributed by atoms with E-state index in [1.807, 2.05) is 51.7 Å². The molecule has 1 aliphatic carbocycles. The molecule has 178 valence electrons. The summed E-state index contributed by atoms with van der Waals surface area (Å²) >= 11 is 1.98. The molecule has 3 rings (SSSR count). The Morgan fingerprint density at radius 1 is 1.09 bits per heavy atom. The van der Waals surface area contributed by atoms with Crippen LogP contribution < -0.4 is 16.0 Å². The first-order chi connectivity index (χ1) is 15.2. The summed E-state index contributed by atoms with van der Waals surface area (Å²) in [6.45, 7) is 8.20. The standard InChI is InChI=1S/C24H38N4O3S/c1-16-13-20(21(25-14-16)27-19-9-11-32-12-10-19)22(29)26-15-17-5-7-18(8-6-17)28-23(30)31-24(2,3)4/h13-14,17-19H,5-12,15H2,1-4H3,(H,25,27)(H,26,29)(H,28,30). The summed E-state index contributed by atoms with van der Waals surface area (Å²) in [7, 11) is 0. The van der Waals surface area contributed by atoms with Crippen molar-refractivity contribution in [1.82, 2.24) is 15.6 Å². The molecule has 0 bridgehead atoms. The van der Waals surface area contributed by atoms with Crippen molar-refractivity contribution >= 4 is 29.6 Å². The van der Waals surface area contributed by atoms with E-state index in [2.05, 4.69) is 20.9 Å². The van der Waals surface area contributed by atoms with Gasteiger partial charge in [0.1, 0.15) is 11.4 Å². The number of carbonyl (C=O) groups excluding carboxylic acids is 2. The number of anilines is 1. The first-order valence-corrected chi connectivity index (χ1v) is 12.9. The second-order valence-electron chi connectivity index (χ2n) is 10.0. The molecule has 7 nitrogen and oxygen atoms in total. The van der Waals surface area contributed by atoms with E-state index in [0.717, 1.165) is 55.6 Å². The monoisotopic (exact) mass is 462 g/mol. The largest absolute Gasteiger partial charge is 0.444 e. The summed E-state index contributed by atoms with van der Waals surface area (Å²) in [6, 6.07) is 2.44. The van der Waals surface area contributed by atoms with Gasteiger partial charge in [0.15, 0.2) is 0 Å². The summed E-state index contributed by atoms with van der Waals surface area (Å²) in [6.07, 6.45) is 7.41. The number of amides is 2. The highest BCUT2D eigenvalue weighted by Crippen LogP contribution is 2.25. The highest BCUT2D eigenvalue weighted by molar-refractivity contribution is 7.99. The number of thioether (sulfide) groups is 1. The van der Waals surface area contributed by atoms with Crippen LogP contribution in [0, 0.1) is 12.8 Å². The van der Waals surface area contributed by atoms with E-state index < -0.39 is 5.60 Å². The molecule has 0 atom stereocenters. The van der Waals surface area contributed by atoms with Gasteiger partial charge in [-0.25, -0.2) is 9.78 Å². The first-order valence-electron chi connectivity index (χ1n) is 11.8. The quantitative estimate of drug-likeness (QED) is 0.576. The van der Waals surface area contributed by atoms with Crippen LogP contribution in [0.4, 0.5) is 10.6 Å². The summed E-state index contributed by atoms with van der Waals surface area (Å²) in [4.78, 5) is 29.5. The second-order valence-corrected chi connectivity index (χ2v) is 11.2. The number of nitrogens with zero attached hydrogens (tertiary/aromatic N) is 1. The molecule has 3 N–H and O–H groups in total. The maximum absolute atomic E-state index is 13.0. The van der Waals surface area contributed by atoms with Crippen LogP contribution in [0.15, 0.2) is 12.3 Å². The molecular weight excluding hydrogens is 424 g/mol. The molecule has 1 saturated heterocycles. The Labute approximate surface area is 196 Å². The Hall–Kier alpha value is -1.96. The highest BCUT2D eigenvalue weighted by Gasteiger charge is 2.26. The molecule has 8 heteroatoms. The maximum Gasteiger partial charge on any atom is 0.407 e. The number of alkyl carbamates (subject to hydrolysis) is 1. The molecule has 2 fully saturated rings. The molecule has 2 aliphatic rings. The minimum atomic E-state index is -0.486. The zero-order chi connectivity index (χ0) is 23.1. The van der Waals surface area contributed by atoms with Crippen molar-refractivity contribution in [3.63, 3.8) is 0 Å². The van der Waals surface area contributed by atoms with E-state index >= 15 is 0 Å². The van der Waals surface area contributed by atoms with Crippen LogP contribution in [0.25, 0.3) is 0 Å². The van der Waals surface area contributed by atoms with Crippen molar-refractivity contribution in [2.24, 2.45) is 5.92 Å². The molecule has 1 saturated carbocycles. The van der Waals surface area contributed by atoms with Gasteiger partial charge in [-0.1, -0.05) is 0 Å². The van der Waals surface area contributed by atoms with Gasteiger partial charge in [-0.2, -0.15) is 11.8 Å². The van der Waals surface area contributed by atoms with Gasteiger partial charge in [0.25, 0.3) is 5.91 Å². The van der Waals surface area contributed by atoms with Gasteiger partial charge in [-0.05, 0) is 95.3 Å². The van der Waals surface area contributed by atoms with Crippen molar-refractivity contribution in [3.8, 4) is 0 Å². The molecule has 0 spiro atoms. The SMILES string of the molecule is Cc1cnc(NC2CCSCC2)c(C(=O)NCC2CCC(NC(=O)OC(C)(C)C)CC2)c1. The van der Waals surface area contributed by atoms with Gasteiger partial charge >= 0.3 is 6.09 Å². The molecule has 2 heterocycles. The van der Waals surface area contributed by atoms with E-state index in [9.17, 15) is 9.59 Å². The van der Waals surface area contributed by atoms with Crippen LogP contribution in [0.2, 0.25) is 0 Å². The fraction of sp³-hybridized carbons (Fsp3) is 0.708. The van der Waals surface area contributed by atoms with Gasteiger partial charge < -0.3 is 20.7 Å². The van der Waals surface area contributed by atoms with Crippen molar-refractivity contribution in [1.29, 1.82) is 0 Å². The lowest BCUT2D eigenvalue weighted by Crippen LogP contribution is -2.42. The van der Waals surface area contributed by atoms with Crippen molar-refractivity contribution in [2.75, 3.05) is 23.4 Å². The summed E-state index contributed by atoms with van der Waals surface area (Å²) in [5.41, 5.74) is 1.12. The van der Waals surface area contributed by atoms with Crippen LogP contribution in [0.1, 0.15) is 75.2 Å². The van der Waals surface area contributed by atoms with Crippen LogP contribution in [-0.4, -0.2) is 52.7 Å². The van der Waals surface area contributed by atoms with Crippen molar-refractivity contribution in [3.05, 3.63) is 23.4 Å². The van der Waals surface area contributed by atoms with Gasteiger partial charge in [0.2, 0.25) is 0 Å². The van der Waals surface area contributed by atoms with Crippen LogP contribution in [0.3, 0.4) is 0 Å². The number of carbonyl (C=O) groups is 2. The molecule has 32 heavy (non-hydrogen) atoms. The Balaban J connectivity index is 1.47. The molecule has 0 unspecified atom stereocenters. The third-order valence-electron chi connectivity index (χ3n) is 5.95. The molecule has 1 aromatic heterocycles. The minimum absolute atomic E-state index is 0.0668. The zero-order valence-corrected chi connectivity index (χ0v) is 20.6. The number of pyridine rings is 1. The number of hydrogen-bond donors (Lipinski definition) is 3. The fourth-order valence-electron chi connectivity index (χ4n) is 4.21. The number of ether oxygens (including phenoxy) is 1. The summed E-state index contributed by atoms with van der Waals surface area (Å²) in [5.74, 6) is 3.34. The number of aromatic nitrogens is 1. The van der Waals surface area contributed by atoms with Crippen molar-refractivity contribution < 1.29 is 14.3 Å². The van der Waals surface area contributed by atoms with Crippen LogP contribution in [-0.2, 0) is 4.74 Å². The topological polar surface area (TPSA) is 92.4 Å². The Kier molecular flexibility index (Phi) is 8.68. The Morgan fingerprint density at radius 3 is 2.44 bits per heavy atom. The maximum atomic E-state index is 13.0. The average Bonchev–Trinajstić information content (AvgIpc) is 2.73. The number of hydrogen-bond acceptors (Lipinski definition) is 6.